The third-order valence-corrected chi connectivity index (χ3v) is 3.04. The number of hydrogen-bond acceptors (Lipinski definition) is 2. The van der Waals surface area contributed by atoms with Gasteiger partial charge in [-0.2, -0.15) is 5.48 Å². The van der Waals surface area contributed by atoms with Crippen molar-refractivity contribution in [2.24, 2.45) is 0 Å². The van der Waals surface area contributed by atoms with Crippen LogP contribution in [0.3, 0.4) is 0 Å². The second-order valence-corrected chi connectivity index (χ2v) is 4.35. The van der Waals surface area contributed by atoms with Crippen LogP contribution in [-0.2, 0) is 11.4 Å². The van der Waals surface area contributed by atoms with Gasteiger partial charge in [0.15, 0.2) is 0 Å². The number of nitrogens with one attached hydrogen (secondary N) is 1. The van der Waals surface area contributed by atoms with Crippen molar-refractivity contribution < 1.29 is 4.84 Å². The van der Waals surface area contributed by atoms with Crippen LogP contribution in [0.2, 0.25) is 0 Å². The molecule has 3 nitrogen and oxygen atoms in total. The Kier molecular flexibility index (Phi) is 5.00. The van der Waals surface area contributed by atoms with E-state index in [1.807, 2.05) is 6.07 Å². The minimum atomic E-state index is 0.256. The molecule has 1 atom stereocenters. The summed E-state index contributed by atoms with van der Waals surface area (Å²) in [5, 5.41) is 0. The van der Waals surface area contributed by atoms with Gasteiger partial charge in [0.1, 0.15) is 0 Å². The lowest BCUT2D eigenvalue weighted by atomic mass is 10.0. The third kappa shape index (κ3) is 3.72. The number of aromatic nitrogens is 1. The molecule has 0 amide bonds. The van der Waals surface area contributed by atoms with Crippen molar-refractivity contribution >= 4 is 0 Å². The Labute approximate surface area is 108 Å². The Morgan fingerprint density at radius 3 is 2.50 bits per heavy atom. The molecule has 1 N–H and O–H groups in total. The summed E-state index contributed by atoms with van der Waals surface area (Å²) in [6, 6.07) is 14.8. The van der Waals surface area contributed by atoms with Crippen LogP contribution in [0.5, 0.6) is 0 Å². The van der Waals surface area contributed by atoms with E-state index in [1.165, 1.54) is 5.56 Å². The predicted molar refractivity (Wildman–Crippen MR) is 73.0 cm³/mol. The van der Waals surface area contributed by atoms with Crippen LogP contribution in [-0.4, -0.2) is 11.7 Å². The van der Waals surface area contributed by atoms with Crippen LogP contribution in [0, 0.1) is 0 Å². The molecule has 0 saturated heterocycles. The highest BCUT2D eigenvalue weighted by atomic mass is 16.6. The van der Waals surface area contributed by atoms with E-state index in [0.29, 0.717) is 0 Å². The molecule has 0 aliphatic heterocycles. The molecule has 0 bridgehead atoms. The molecule has 3 heteroatoms. The van der Waals surface area contributed by atoms with Gasteiger partial charge in [-0.1, -0.05) is 30.3 Å². The first kappa shape index (κ1) is 12.9. The van der Waals surface area contributed by atoms with Gasteiger partial charge in [-0.25, -0.2) is 0 Å². The summed E-state index contributed by atoms with van der Waals surface area (Å²) in [6.07, 6.45) is 6.36. The Morgan fingerprint density at radius 1 is 1.11 bits per heavy atom. The fourth-order valence-corrected chi connectivity index (χ4v) is 2.12. The normalized spacial score (nSPS) is 12.5. The van der Waals surface area contributed by atoms with E-state index in [-0.39, 0.29) is 6.04 Å². The lowest BCUT2D eigenvalue weighted by Gasteiger charge is -2.17. The largest absolute Gasteiger partial charge is 0.354 e. The topological polar surface area (TPSA) is 26.2 Å². The van der Waals surface area contributed by atoms with E-state index in [2.05, 4.69) is 58.8 Å². The average Bonchev–Trinajstić information content (AvgIpc) is 2.92. The van der Waals surface area contributed by atoms with E-state index in [9.17, 15) is 0 Å². The highest BCUT2D eigenvalue weighted by Gasteiger charge is 2.09. The summed E-state index contributed by atoms with van der Waals surface area (Å²) < 4.78 is 2.20. The summed E-state index contributed by atoms with van der Waals surface area (Å²) >= 11 is 0. The van der Waals surface area contributed by atoms with Crippen molar-refractivity contribution in [3.8, 4) is 0 Å². The number of hydrogen-bond donors (Lipinski definition) is 1. The minimum absolute atomic E-state index is 0.256. The fourth-order valence-electron chi connectivity index (χ4n) is 2.12. The first-order valence-corrected chi connectivity index (χ1v) is 6.34. The van der Waals surface area contributed by atoms with Crippen molar-refractivity contribution in [3.05, 3.63) is 60.4 Å². The van der Waals surface area contributed by atoms with Gasteiger partial charge in [0.25, 0.3) is 0 Å². The molecule has 1 unspecified atom stereocenters. The highest BCUT2D eigenvalue weighted by Crippen LogP contribution is 2.18. The lowest BCUT2D eigenvalue weighted by Crippen LogP contribution is -2.20. The van der Waals surface area contributed by atoms with Crippen molar-refractivity contribution in [1.82, 2.24) is 10.0 Å². The predicted octanol–water partition coefficient (Wildman–Crippen LogP) is 3.16. The van der Waals surface area contributed by atoms with Gasteiger partial charge < -0.3 is 9.40 Å². The van der Waals surface area contributed by atoms with Gasteiger partial charge in [0.2, 0.25) is 0 Å². The molecular weight excluding hydrogens is 224 g/mol. The van der Waals surface area contributed by atoms with Crippen LogP contribution in [0.15, 0.2) is 54.9 Å². The second kappa shape index (κ2) is 6.99. The molecule has 1 aromatic heterocycles. The number of rotatable bonds is 7. The molecule has 0 fully saturated rings. The van der Waals surface area contributed by atoms with E-state index in [1.54, 1.807) is 7.11 Å². The minimum Gasteiger partial charge on any atom is -0.354 e. The average molecular weight is 244 g/mol. The van der Waals surface area contributed by atoms with Crippen molar-refractivity contribution in [3.63, 3.8) is 0 Å². The van der Waals surface area contributed by atoms with Gasteiger partial charge in [-0.15, -0.1) is 0 Å². The van der Waals surface area contributed by atoms with Crippen LogP contribution in [0.4, 0.5) is 0 Å². The maximum Gasteiger partial charge on any atom is 0.0572 e. The Balaban J connectivity index is 1.87. The number of aryl methyl sites for hydroxylation is 1. The second-order valence-electron chi connectivity index (χ2n) is 4.35. The van der Waals surface area contributed by atoms with Gasteiger partial charge in [0.05, 0.1) is 13.2 Å². The van der Waals surface area contributed by atoms with Crippen LogP contribution < -0.4 is 5.48 Å². The Hall–Kier alpha value is -1.58. The van der Waals surface area contributed by atoms with Crippen LogP contribution in [0.25, 0.3) is 0 Å². The first-order valence-electron chi connectivity index (χ1n) is 6.34. The van der Waals surface area contributed by atoms with E-state index < -0.39 is 0 Å². The summed E-state index contributed by atoms with van der Waals surface area (Å²) in [5.74, 6) is 0. The number of nitrogens with zero attached hydrogens (tertiary/aromatic N) is 1. The quantitative estimate of drug-likeness (QED) is 0.757. The molecule has 0 saturated carbocycles. The van der Waals surface area contributed by atoms with E-state index in [4.69, 9.17) is 4.84 Å². The van der Waals surface area contributed by atoms with Crippen LogP contribution in [0.1, 0.15) is 24.4 Å². The molecule has 2 aromatic rings. The zero-order valence-corrected chi connectivity index (χ0v) is 10.8. The van der Waals surface area contributed by atoms with E-state index in [0.717, 1.165) is 19.4 Å². The fraction of sp³-hybridized carbons (Fsp3) is 0.333. The summed E-state index contributed by atoms with van der Waals surface area (Å²) in [4.78, 5) is 5.09. The maximum absolute atomic E-state index is 5.09. The summed E-state index contributed by atoms with van der Waals surface area (Å²) in [6.45, 7) is 1.04. The van der Waals surface area contributed by atoms with Gasteiger partial charge in [-0.3, -0.25) is 0 Å². The molecule has 0 spiro atoms. The highest BCUT2D eigenvalue weighted by molar-refractivity contribution is 5.18. The summed E-state index contributed by atoms with van der Waals surface area (Å²) in [5.41, 5.74) is 4.34. The van der Waals surface area contributed by atoms with Crippen LogP contribution >= 0.6 is 0 Å². The number of benzene rings is 1. The van der Waals surface area contributed by atoms with Gasteiger partial charge in [-0.05, 0) is 30.5 Å². The molecule has 1 aromatic carbocycles. The molecule has 0 aliphatic carbocycles. The maximum atomic E-state index is 5.09. The molecule has 96 valence electrons. The van der Waals surface area contributed by atoms with Crippen molar-refractivity contribution in [2.45, 2.75) is 25.4 Å². The first-order chi connectivity index (χ1) is 8.90. The lowest BCUT2D eigenvalue weighted by molar-refractivity contribution is 0.0568. The third-order valence-electron chi connectivity index (χ3n) is 3.04. The molecule has 0 radical (unpaired) electrons. The molecular formula is C15H20N2O. The molecule has 1 heterocycles. The Bertz CT molecular complexity index is 425. The van der Waals surface area contributed by atoms with Crippen molar-refractivity contribution in [1.29, 1.82) is 0 Å². The summed E-state index contributed by atoms with van der Waals surface area (Å²) in [7, 11) is 1.67. The monoisotopic (exact) mass is 244 g/mol. The molecule has 2 rings (SSSR count). The standard InChI is InChI=1S/C15H20N2O/c1-18-16-15(14-8-3-2-4-9-14)10-7-13-17-11-5-6-12-17/h2-6,8-9,11-12,15-16H,7,10,13H2,1H3. The zero-order valence-electron chi connectivity index (χ0n) is 10.8. The van der Waals surface area contributed by atoms with E-state index >= 15 is 0 Å². The molecule has 0 aliphatic rings. The Morgan fingerprint density at radius 2 is 1.83 bits per heavy atom. The van der Waals surface area contributed by atoms with Gasteiger partial charge >= 0.3 is 0 Å². The van der Waals surface area contributed by atoms with Gasteiger partial charge in [0, 0.05) is 18.9 Å². The SMILES string of the molecule is CONC(CCCn1cccc1)c1ccccc1. The zero-order chi connectivity index (χ0) is 12.6. The van der Waals surface area contributed by atoms with Crippen molar-refractivity contribution in [2.75, 3.05) is 7.11 Å². The smallest absolute Gasteiger partial charge is 0.0572 e. The molecule has 18 heavy (non-hydrogen) atoms. The number of hydroxylamine groups is 1.